The minimum atomic E-state index is -0.364. The van der Waals surface area contributed by atoms with E-state index in [9.17, 15) is 5.11 Å². The number of alkyl halides is 1. The molecule has 0 aromatic heterocycles. The van der Waals surface area contributed by atoms with Gasteiger partial charge in [-0.1, -0.05) is 0 Å². The fraction of sp³-hybridized carbons (Fsp3) is 1.00. The molecule has 0 rings (SSSR count). The molecule has 0 aliphatic heterocycles. The van der Waals surface area contributed by atoms with Crippen molar-refractivity contribution < 1.29 is 9.59 Å². The van der Waals surface area contributed by atoms with Gasteiger partial charge in [-0.05, 0) is 6.92 Å². The van der Waals surface area contributed by atoms with E-state index >= 15 is 0 Å². The Kier molecular flexibility index (Phi) is 4.25. The molecule has 1 N–H and O–H groups in total. The third-order valence-corrected chi connectivity index (χ3v) is 2.10. The second-order valence-electron chi connectivity index (χ2n) is 3.24. The summed E-state index contributed by atoms with van der Waals surface area (Å²) in [7, 11) is 4.16. The molecule has 10 heavy (non-hydrogen) atoms. The Labute approximate surface area is 68.0 Å². The molecule has 0 fully saturated rings. The number of likely N-dealkylation sites (N-methyl/N-ethyl adjacent to an activating group) is 1. The maximum atomic E-state index is 9.18. The van der Waals surface area contributed by atoms with E-state index in [2.05, 4.69) is 21.0 Å². The van der Waals surface area contributed by atoms with Crippen LogP contribution >= 0.6 is 11.6 Å². The van der Waals surface area contributed by atoms with Gasteiger partial charge in [-0.3, -0.25) is 0 Å². The molecule has 0 aliphatic carbocycles. The van der Waals surface area contributed by atoms with Gasteiger partial charge in [-0.25, -0.2) is 0 Å². The average Bonchev–Trinajstić information content (AvgIpc) is 1.87. The van der Waals surface area contributed by atoms with Gasteiger partial charge in [0, 0.05) is 0 Å². The lowest BCUT2D eigenvalue weighted by molar-refractivity contribution is -0.891. The molecule has 2 nitrogen and oxygen atoms in total. The zero-order chi connectivity index (χ0) is 8.20. The van der Waals surface area contributed by atoms with Crippen molar-refractivity contribution >= 4 is 11.6 Å². The first kappa shape index (κ1) is 10.2. The Hall–Kier alpha value is 0.210. The molecule has 0 spiro atoms. The summed E-state index contributed by atoms with van der Waals surface area (Å²) in [5.41, 5.74) is 0. The van der Waals surface area contributed by atoms with Crippen molar-refractivity contribution in [3.05, 3.63) is 0 Å². The summed E-state index contributed by atoms with van der Waals surface area (Å²) in [5, 5.41) is 9.18. The van der Waals surface area contributed by atoms with Crippen LogP contribution in [0.25, 0.3) is 0 Å². The summed E-state index contributed by atoms with van der Waals surface area (Å²) in [6, 6.07) is 0. The fourth-order valence-corrected chi connectivity index (χ4v) is 0.846. The summed E-state index contributed by atoms with van der Waals surface area (Å²) < 4.78 is 0.827. The summed E-state index contributed by atoms with van der Waals surface area (Å²) >= 11 is 5.46. The van der Waals surface area contributed by atoms with Crippen molar-refractivity contribution in [3.8, 4) is 0 Å². The van der Waals surface area contributed by atoms with Crippen molar-refractivity contribution in [2.75, 3.05) is 33.1 Å². The highest BCUT2D eigenvalue weighted by Crippen LogP contribution is 1.99. The van der Waals surface area contributed by atoms with Crippen LogP contribution in [0, 0.1) is 0 Å². The van der Waals surface area contributed by atoms with Crippen LogP contribution in [0.15, 0.2) is 0 Å². The van der Waals surface area contributed by atoms with Crippen LogP contribution in [0.1, 0.15) is 6.92 Å². The van der Waals surface area contributed by atoms with E-state index < -0.39 is 0 Å². The van der Waals surface area contributed by atoms with E-state index in [-0.39, 0.29) is 6.10 Å². The predicted octanol–water partition coefficient (Wildman–Crippen LogP) is 0.682. The Morgan fingerprint density at radius 3 is 2.30 bits per heavy atom. The highest BCUT2D eigenvalue weighted by Gasteiger charge is 2.16. The van der Waals surface area contributed by atoms with Gasteiger partial charge < -0.3 is 9.59 Å². The van der Waals surface area contributed by atoms with E-state index in [1.54, 1.807) is 0 Å². The van der Waals surface area contributed by atoms with Gasteiger partial charge in [0.15, 0.2) is 0 Å². The molecule has 62 valence electrons. The lowest BCUT2D eigenvalue weighted by Crippen LogP contribution is -2.45. The van der Waals surface area contributed by atoms with E-state index in [0.29, 0.717) is 5.88 Å². The molecule has 0 amide bonds. The van der Waals surface area contributed by atoms with E-state index in [4.69, 9.17) is 11.6 Å². The van der Waals surface area contributed by atoms with Crippen LogP contribution in [0.4, 0.5) is 0 Å². The fourth-order valence-electron chi connectivity index (χ4n) is 0.748. The number of hydrogen-bond donors (Lipinski definition) is 1. The van der Waals surface area contributed by atoms with Crippen molar-refractivity contribution in [2.45, 2.75) is 13.0 Å². The molecule has 0 heterocycles. The highest BCUT2D eigenvalue weighted by atomic mass is 35.5. The zero-order valence-corrected chi connectivity index (χ0v) is 7.73. The second kappa shape index (κ2) is 4.16. The smallest absolute Gasteiger partial charge is 0.116 e. The first-order valence-electron chi connectivity index (χ1n) is 3.58. The minimum absolute atomic E-state index is 0.335. The SMILES string of the molecule is CC[N+](C)(C)CC(O)CCl. The molecule has 1 atom stereocenters. The largest absolute Gasteiger partial charge is 0.386 e. The van der Waals surface area contributed by atoms with Crippen LogP contribution < -0.4 is 0 Å². The Morgan fingerprint density at radius 2 is 2.00 bits per heavy atom. The third kappa shape index (κ3) is 4.09. The first-order chi connectivity index (χ1) is 4.52. The Morgan fingerprint density at radius 1 is 1.50 bits per heavy atom. The standard InChI is InChI=1S/C7H17ClNO/c1-4-9(2,3)6-7(10)5-8/h7,10H,4-6H2,1-3H3/q+1. The highest BCUT2D eigenvalue weighted by molar-refractivity contribution is 6.18. The number of nitrogens with zero attached hydrogens (tertiary/aromatic N) is 1. The number of aliphatic hydroxyl groups excluding tert-OH is 1. The molecule has 0 aliphatic rings. The molecule has 0 radical (unpaired) electrons. The van der Waals surface area contributed by atoms with Crippen LogP contribution in [0.3, 0.4) is 0 Å². The summed E-state index contributed by atoms with van der Waals surface area (Å²) in [6.07, 6.45) is -0.364. The lowest BCUT2D eigenvalue weighted by atomic mass is 10.3. The maximum Gasteiger partial charge on any atom is 0.116 e. The molecule has 0 aromatic carbocycles. The molecule has 0 saturated heterocycles. The average molecular weight is 167 g/mol. The van der Waals surface area contributed by atoms with Crippen molar-refractivity contribution in [2.24, 2.45) is 0 Å². The van der Waals surface area contributed by atoms with Crippen LogP contribution in [0.5, 0.6) is 0 Å². The maximum absolute atomic E-state index is 9.18. The third-order valence-electron chi connectivity index (χ3n) is 1.74. The van der Waals surface area contributed by atoms with Gasteiger partial charge >= 0.3 is 0 Å². The minimum Gasteiger partial charge on any atom is -0.386 e. The first-order valence-corrected chi connectivity index (χ1v) is 4.11. The van der Waals surface area contributed by atoms with Crippen LogP contribution in [0.2, 0.25) is 0 Å². The van der Waals surface area contributed by atoms with Gasteiger partial charge in [0.25, 0.3) is 0 Å². The number of aliphatic hydroxyl groups is 1. The molecule has 0 aromatic rings. The Balaban J connectivity index is 3.64. The quantitative estimate of drug-likeness (QED) is 0.481. The molecule has 3 heteroatoms. The lowest BCUT2D eigenvalue weighted by Gasteiger charge is -2.29. The van der Waals surface area contributed by atoms with Crippen molar-refractivity contribution in [3.63, 3.8) is 0 Å². The van der Waals surface area contributed by atoms with E-state index in [0.717, 1.165) is 17.6 Å². The summed E-state index contributed by atoms with van der Waals surface area (Å²) in [5.74, 6) is 0.335. The van der Waals surface area contributed by atoms with Crippen LogP contribution in [-0.4, -0.2) is 48.8 Å². The molecular formula is C7H17ClNO+. The van der Waals surface area contributed by atoms with Gasteiger partial charge in [-0.15, -0.1) is 11.6 Å². The molecular weight excluding hydrogens is 150 g/mol. The van der Waals surface area contributed by atoms with E-state index in [1.165, 1.54) is 0 Å². The number of halogens is 1. The van der Waals surface area contributed by atoms with Gasteiger partial charge in [0.05, 0.1) is 26.5 Å². The summed E-state index contributed by atoms with van der Waals surface area (Å²) in [4.78, 5) is 0. The van der Waals surface area contributed by atoms with Crippen molar-refractivity contribution in [1.82, 2.24) is 0 Å². The molecule has 0 bridgehead atoms. The zero-order valence-electron chi connectivity index (χ0n) is 6.97. The van der Waals surface area contributed by atoms with Gasteiger partial charge in [-0.2, -0.15) is 0 Å². The normalized spacial score (nSPS) is 15.3. The predicted molar refractivity (Wildman–Crippen MR) is 44.2 cm³/mol. The van der Waals surface area contributed by atoms with Gasteiger partial charge in [0.2, 0.25) is 0 Å². The van der Waals surface area contributed by atoms with Crippen molar-refractivity contribution in [1.29, 1.82) is 0 Å². The molecule has 0 saturated carbocycles. The Bertz CT molecular complexity index is 95.6. The number of hydrogen-bond acceptors (Lipinski definition) is 1. The topological polar surface area (TPSA) is 20.2 Å². The van der Waals surface area contributed by atoms with E-state index in [1.807, 2.05) is 0 Å². The number of rotatable bonds is 4. The molecule has 1 unspecified atom stereocenters. The summed E-state index contributed by atoms with van der Waals surface area (Å²) in [6.45, 7) is 3.86. The van der Waals surface area contributed by atoms with Gasteiger partial charge in [0.1, 0.15) is 12.6 Å². The second-order valence-corrected chi connectivity index (χ2v) is 3.55. The monoisotopic (exact) mass is 166 g/mol. The number of quaternary nitrogens is 1. The van der Waals surface area contributed by atoms with Crippen LogP contribution in [-0.2, 0) is 0 Å².